The van der Waals surface area contributed by atoms with Gasteiger partial charge < -0.3 is 4.52 Å². The molecule has 2 heterocycles. The standard InChI is InChI=1S/C15H14ClN3O3S2/c1-2-12-7-8-14(23-12)24(20,21)17-9-13-18-15(19-22-13)10-3-5-11(16)6-4-10/h3-8,17H,2,9H2,1H3. The molecule has 1 aromatic carbocycles. The minimum Gasteiger partial charge on any atom is -0.338 e. The number of aromatic nitrogens is 2. The van der Waals surface area contributed by atoms with Crippen molar-refractivity contribution in [2.45, 2.75) is 24.1 Å². The molecule has 3 rings (SSSR count). The molecule has 0 aliphatic heterocycles. The number of thiophene rings is 1. The maximum absolute atomic E-state index is 12.2. The molecule has 1 N–H and O–H groups in total. The molecule has 2 aromatic heterocycles. The van der Waals surface area contributed by atoms with Crippen molar-refractivity contribution < 1.29 is 12.9 Å². The van der Waals surface area contributed by atoms with E-state index in [-0.39, 0.29) is 16.6 Å². The lowest BCUT2D eigenvalue weighted by Gasteiger charge is -2.01. The molecule has 0 saturated carbocycles. The van der Waals surface area contributed by atoms with Crippen molar-refractivity contribution in [1.29, 1.82) is 0 Å². The highest BCUT2D eigenvalue weighted by molar-refractivity contribution is 7.91. The molecule has 0 fully saturated rings. The summed E-state index contributed by atoms with van der Waals surface area (Å²) in [4.78, 5) is 5.20. The highest BCUT2D eigenvalue weighted by Gasteiger charge is 2.18. The van der Waals surface area contributed by atoms with E-state index in [1.807, 2.05) is 13.0 Å². The quantitative estimate of drug-likeness (QED) is 0.704. The van der Waals surface area contributed by atoms with E-state index < -0.39 is 10.0 Å². The molecule has 0 amide bonds. The smallest absolute Gasteiger partial charge is 0.250 e. The summed E-state index contributed by atoms with van der Waals surface area (Å²) in [5, 5.41) is 4.45. The fraction of sp³-hybridized carbons (Fsp3) is 0.200. The van der Waals surface area contributed by atoms with Gasteiger partial charge in [-0.25, -0.2) is 13.1 Å². The van der Waals surface area contributed by atoms with Crippen LogP contribution in [0.25, 0.3) is 11.4 Å². The van der Waals surface area contributed by atoms with Gasteiger partial charge in [0.1, 0.15) is 4.21 Å². The Hall–Kier alpha value is -1.74. The Bertz CT molecular complexity index is 933. The first-order valence-electron chi connectivity index (χ1n) is 7.15. The summed E-state index contributed by atoms with van der Waals surface area (Å²) >= 11 is 7.08. The van der Waals surface area contributed by atoms with Crippen molar-refractivity contribution >= 4 is 33.0 Å². The van der Waals surface area contributed by atoms with Gasteiger partial charge >= 0.3 is 0 Å². The van der Waals surface area contributed by atoms with Crippen molar-refractivity contribution in [3.05, 3.63) is 52.2 Å². The van der Waals surface area contributed by atoms with E-state index in [0.29, 0.717) is 10.8 Å². The van der Waals surface area contributed by atoms with Gasteiger partial charge in [-0.3, -0.25) is 0 Å². The van der Waals surface area contributed by atoms with Gasteiger partial charge in [-0.2, -0.15) is 4.98 Å². The maximum atomic E-state index is 12.2. The molecule has 0 unspecified atom stereocenters. The Kier molecular flexibility index (Phi) is 5.00. The van der Waals surface area contributed by atoms with Crippen molar-refractivity contribution in [3.8, 4) is 11.4 Å². The van der Waals surface area contributed by atoms with E-state index in [2.05, 4.69) is 14.9 Å². The number of nitrogens with one attached hydrogen (secondary N) is 1. The number of nitrogens with zero attached hydrogens (tertiary/aromatic N) is 2. The van der Waals surface area contributed by atoms with Gasteiger partial charge in [0, 0.05) is 15.5 Å². The minimum absolute atomic E-state index is 0.0672. The summed E-state index contributed by atoms with van der Waals surface area (Å²) in [7, 11) is -3.59. The summed E-state index contributed by atoms with van der Waals surface area (Å²) in [5.41, 5.74) is 0.739. The van der Waals surface area contributed by atoms with Crippen LogP contribution in [0.4, 0.5) is 0 Å². The molecule has 126 valence electrons. The molecule has 9 heteroatoms. The summed E-state index contributed by atoms with van der Waals surface area (Å²) < 4.78 is 32.3. The van der Waals surface area contributed by atoms with E-state index in [1.54, 1.807) is 30.3 Å². The second kappa shape index (κ2) is 7.02. The van der Waals surface area contributed by atoms with E-state index in [4.69, 9.17) is 16.1 Å². The zero-order chi connectivity index (χ0) is 17.2. The number of sulfonamides is 1. The Morgan fingerprint density at radius 1 is 1.21 bits per heavy atom. The molecular formula is C15H14ClN3O3S2. The fourth-order valence-corrected chi connectivity index (χ4v) is 4.40. The third-order valence-electron chi connectivity index (χ3n) is 3.23. The van der Waals surface area contributed by atoms with E-state index in [0.717, 1.165) is 16.9 Å². The van der Waals surface area contributed by atoms with Crippen LogP contribution >= 0.6 is 22.9 Å². The van der Waals surface area contributed by atoms with E-state index in [1.165, 1.54) is 11.3 Å². The van der Waals surface area contributed by atoms with Gasteiger partial charge in [0.25, 0.3) is 10.0 Å². The molecule has 3 aromatic rings. The summed E-state index contributed by atoms with van der Waals surface area (Å²) in [6, 6.07) is 10.4. The average molecular weight is 384 g/mol. The minimum atomic E-state index is -3.59. The second-order valence-corrected chi connectivity index (χ2v) is 8.52. The molecule has 24 heavy (non-hydrogen) atoms. The molecule has 0 saturated heterocycles. The Morgan fingerprint density at radius 2 is 1.96 bits per heavy atom. The topological polar surface area (TPSA) is 85.1 Å². The van der Waals surface area contributed by atoms with Crippen LogP contribution in [0.15, 0.2) is 45.1 Å². The van der Waals surface area contributed by atoms with Crippen molar-refractivity contribution in [1.82, 2.24) is 14.9 Å². The third kappa shape index (κ3) is 3.84. The predicted octanol–water partition coefficient (Wildman–Crippen LogP) is 3.49. The largest absolute Gasteiger partial charge is 0.338 e. The first-order chi connectivity index (χ1) is 11.5. The summed E-state index contributed by atoms with van der Waals surface area (Å²) in [5.74, 6) is 0.570. The van der Waals surface area contributed by atoms with Gasteiger partial charge in [0.15, 0.2) is 0 Å². The van der Waals surface area contributed by atoms with Crippen LogP contribution < -0.4 is 4.72 Å². The molecule has 0 bridgehead atoms. The Morgan fingerprint density at radius 3 is 2.62 bits per heavy atom. The Labute approximate surface area is 148 Å². The first-order valence-corrected chi connectivity index (χ1v) is 9.82. The van der Waals surface area contributed by atoms with Gasteiger partial charge in [-0.05, 0) is 42.8 Å². The third-order valence-corrected chi connectivity index (χ3v) is 6.61. The van der Waals surface area contributed by atoms with Crippen molar-refractivity contribution in [2.75, 3.05) is 0 Å². The van der Waals surface area contributed by atoms with Crippen LogP contribution in [0.3, 0.4) is 0 Å². The number of hydrogen-bond acceptors (Lipinski definition) is 6. The van der Waals surface area contributed by atoms with Gasteiger partial charge in [-0.15, -0.1) is 11.3 Å². The monoisotopic (exact) mass is 383 g/mol. The number of aryl methyl sites for hydroxylation is 1. The number of halogens is 1. The molecule has 0 spiro atoms. The number of rotatable bonds is 6. The van der Waals surface area contributed by atoms with Crippen molar-refractivity contribution in [3.63, 3.8) is 0 Å². The van der Waals surface area contributed by atoms with Crippen molar-refractivity contribution in [2.24, 2.45) is 0 Å². The number of hydrogen-bond donors (Lipinski definition) is 1. The van der Waals surface area contributed by atoms with Crippen LogP contribution in [-0.4, -0.2) is 18.6 Å². The lowest BCUT2D eigenvalue weighted by Crippen LogP contribution is -2.22. The molecule has 0 aliphatic carbocycles. The van der Waals surface area contributed by atoms with Crippen LogP contribution in [0.1, 0.15) is 17.7 Å². The zero-order valence-corrected chi connectivity index (χ0v) is 15.1. The molecule has 0 aliphatic rings. The highest BCUT2D eigenvalue weighted by atomic mass is 35.5. The lowest BCUT2D eigenvalue weighted by molar-refractivity contribution is 0.376. The van der Waals surface area contributed by atoms with Crippen LogP contribution in [0.5, 0.6) is 0 Å². The van der Waals surface area contributed by atoms with E-state index >= 15 is 0 Å². The summed E-state index contributed by atoms with van der Waals surface area (Å²) in [6.07, 6.45) is 0.800. The number of benzene rings is 1. The Balaban J connectivity index is 1.70. The molecule has 6 nitrogen and oxygen atoms in total. The lowest BCUT2D eigenvalue weighted by atomic mass is 10.2. The zero-order valence-electron chi connectivity index (χ0n) is 12.7. The SMILES string of the molecule is CCc1ccc(S(=O)(=O)NCc2nc(-c3ccc(Cl)cc3)no2)s1. The predicted molar refractivity (Wildman–Crippen MR) is 92.5 cm³/mol. The summed E-state index contributed by atoms with van der Waals surface area (Å²) in [6.45, 7) is 1.91. The molecule has 0 atom stereocenters. The van der Waals surface area contributed by atoms with Gasteiger partial charge in [0.2, 0.25) is 11.7 Å². The van der Waals surface area contributed by atoms with E-state index in [9.17, 15) is 8.42 Å². The molecular weight excluding hydrogens is 370 g/mol. The van der Waals surface area contributed by atoms with Crippen LogP contribution in [0, 0.1) is 0 Å². The van der Waals surface area contributed by atoms with Crippen LogP contribution in [0.2, 0.25) is 5.02 Å². The molecule has 0 radical (unpaired) electrons. The normalized spacial score (nSPS) is 11.8. The second-order valence-electron chi connectivity index (χ2n) is 4.92. The average Bonchev–Trinajstić information content (AvgIpc) is 3.23. The van der Waals surface area contributed by atoms with Gasteiger partial charge in [0.05, 0.1) is 6.54 Å². The first kappa shape index (κ1) is 17.1. The maximum Gasteiger partial charge on any atom is 0.250 e. The van der Waals surface area contributed by atoms with Crippen LogP contribution in [-0.2, 0) is 23.0 Å². The van der Waals surface area contributed by atoms with Gasteiger partial charge in [-0.1, -0.05) is 23.7 Å². The fourth-order valence-electron chi connectivity index (χ4n) is 1.96. The highest BCUT2D eigenvalue weighted by Crippen LogP contribution is 2.22.